The lowest BCUT2D eigenvalue weighted by Gasteiger charge is -2.15. The largest absolute Gasteiger partial charge is 0.507 e. The normalized spacial score (nSPS) is 11.6. The Balaban J connectivity index is 2.20. The quantitative estimate of drug-likeness (QED) is 0.312. The average Bonchev–Trinajstić information content (AvgIpc) is 2.75. The molecule has 1 atom stereocenters. The van der Waals surface area contributed by atoms with Gasteiger partial charge in [0.2, 0.25) is 0 Å². The van der Waals surface area contributed by atoms with Crippen molar-refractivity contribution in [3.63, 3.8) is 0 Å². The van der Waals surface area contributed by atoms with Crippen molar-refractivity contribution in [2.75, 3.05) is 14.2 Å². The number of amides is 1. The zero-order chi connectivity index (χ0) is 23.8. The van der Waals surface area contributed by atoms with E-state index in [1.165, 1.54) is 24.3 Å². The molecular weight excluding hydrogens is 420 g/mol. The second-order valence-corrected chi connectivity index (χ2v) is 6.69. The molecule has 0 saturated heterocycles. The summed E-state index contributed by atoms with van der Waals surface area (Å²) in [5, 5.41) is 12.3. The van der Waals surface area contributed by atoms with E-state index in [9.17, 15) is 29.1 Å². The number of carbonyl (C=O) groups excluding carboxylic acids is 4. The highest BCUT2D eigenvalue weighted by molar-refractivity contribution is 6.08. The summed E-state index contributed by atoms with van der Waals surface area (Å²) in [4.78, 5) is 62.6. The number of pyridine rings is 1. The van der Waals surface area contributed by atoms with Gasteiger partial charge in [-0.05, 0) is 36.8 Å². The number of nitrogens with one attached hydrogen (secondary N) is 2. The zero-order valence-electron chi connectivity index (χ0n) is 17.6. The molecule has 0 fully saturated rings. The fourth-order valence-corrected chi connectivity index (χ4v) is 2.78. The number of H-pyrrole nitrogens is 1. The van der Waals surface area contributed by atoms with Gasteiger partial charge in [0.05, 0.1) is 20.6 Å². The smallest absolute Gasteiger partial charge is 0.328 e. The summed E-state index contributed by atoms with van der Waals surface area (Å²) >= 11 is 0. The maximum Gasteiger partial charge on any atom is 0.328 e. The number of aromatic nitrogens is 1. The first-order valence-corrected chi connectivity index (χ1v) is 9.37. The van der Waals surface area contributed by atoms with Gasteiger partial charge in [-0.15, -0.1) is 0 Å². The standard InChI is InChI=1S/C22H22N2O8/c1-12-9-17(26)19(21(29)23-12)16(25)8-7-13-5-4-6-14(10-13)20(28)24-15(22(30)32-3)11-18(27)31-2/h4-10,15H,11H2,1-3H3,(H,24,28)(H2,23,26,29). The Hall–Kier alpha value is -4.21. The number of aromatic amines is 1. The number of aryl methyl sites for hydroxylation is 1. The Labute approximate surface area is 182 Å². The van der Waals surface area contributed by atoms with Gasteiger partial charge in [0.15, 0.2) is 5.78 Å². The van der Waals surface area contributed by atoms with Crippen LogP contribution in [0, 0.1) is 6.92 Å². The first kappa shape index (κ1) is 24.1. The van der Waals surface area contributed by atoms with Crippen LogP contribution in [0.1, 0.15) is 38.4 Å². The molecule has 1 heterocycles. The Kier molecular flexibility index (Phi) is 8.05. The highest BCUT2D eigenvalue weighted by Gasteiger charge is 2.25. The van der Waals surface area contributed by atoms with Crippen LogP contribution in [0.4, 0.5) is 0 Å². The topological polar surface area (TPSA) is 152 Å². The number of hydrogen-bond donors (Lipinski definition) is 3. The van der Waals surface area contributed by atoms with E-state index < -0.39 is 53.0 Å². The molecular formula is C22H22N2O8. The minimum atomic E-state index is -1.24. The van der Waals surface area contributed by atoms with Crippen LogP contribution >= 0.6 is 0 Å². The molecule has 1 aromatic carbocycles. The minimum absolute atomic E-state index is 0.148. The molecule has 1 unspecified atom stereocenters. The third-order valence-corrected chi connectivity index (χ3v) is 4.36. The number of ether oxygens (including phenoxy) is 2. The van der Waals surface area contributed by atoms with Crippen LogP contribution in [0.2, 0.25) is 0 Å². The number of benzene rings is 1. The first-order chi connectivity index (χ1) is 15.2. The van der Waals surface area contributed by atoms with Gasteiger partial charge in [-0.25, -0.2) is 4.79 Å². The second-order valence-electron chi connectivity index (χ2n) is 6.69. The fraction of sp³-hybridized carbons (Fsp3) is 0.227. The Morgan fingerprint density at radius 3 is 2.50 bits per heavy atom. The molecule has 2 rings (SSSR count). The van der Waals surface area contributed by atoms with Crippen molar-refractivity contribution in [3.05, 3.63) is 69.1 Å². The average molecular weight is 442 g/mol. The highest BCUT2D eigenvalue weighted by atomic mass is 16.5. The Bertz CT molecular complexity index is 1130. The van der Waals surface area contributed by atoms with Crippen LogP contribution in [0.15, 0.2) is 41.2 Å². The molecule has 0 aliphatic heterocycles. The number of esters is 2. The summed E-state index contributed by atoms with van der Waals surface area (Å²) in [7, 11) is 2.28. The van der Waals surface area contributed by atoms with E-state index in [-0.39, 0.29) is 5.56 Å². The molecule has 2 aromatic rings. The maximum atomic E-state index is 12.5. The predicted octanol–water partition coefficient (Wildman–Crippen LogP) is 1.12. The summed E-state index contributed by atoms with van der Waals surface area (Å²) in [6.07, 6.45) is 2.05. The first-order valence-electron chi connectivity index (χ1n) is 9.37. The van der Waals surface area contributed by atoms with E-state index in [0.717, 1.165) is 20.3 Å². The van der Waals surface area contributed by atoms with Crippen LogP contribution < -0.4 is 10.9 Å². The molecule has 168 valence electrons. The molecule has 10 nitrogen and oxygen atoms in total. The van der Waals surface area contributed by atoms with Gasteiger partial charge in [-0.2, -0.15) is 0 Å². The lowest BCUT2D eigenvalue weighted by Crippen LogP contribution is -2.43. The van der Waals surface area contributed by atoms with Crippen molar-refractivity contribution >= 4 is 29.7 Å². The van der Waals surface area contributed by atoms with Crippen LogP contribution in [0.25, 0.3) is 6.08 Å². The van der Waals surface area contributed by atoms with Crippen molar-refractivity contribution in [1.29, 1.82) is 0 Å². The monoisotopic (exact) mass is 442 g/mol. The number of ketones is 1. The molecule has 3 N–H and O–H groups in total. The SMILES string of the molecule is COC(=O)CC(NC(=O)c1cccc(C=CC(=O)c2c(O)cc(C)[nH]c2=O)c1)C(=O)OC. The van der Waals surface area contributed by atoms with Crippen LogP contribution in [0.3, 0.4) is 0 Å². The van der Waals surface area contributed by atoms with Crippen molar-refractivity contribution in [2.45, 2.75) is 19.4 Å². The van der Waals surface area contributed by atoms with Gasteiger partial charge >= 0.3 is 11.9 Å². The molecule has 0 radical (unpaired) electrons. The van der Waals surface area contributed by atoms with E-state index in [1.54, 1.807) is 19.1 Å². The Morgan fingerprint density at radius 1 is 1.16 bits per heavy atom. The van der Waals surface area contributed by atoms with Crippen molar-refractivity contribution in [1.82, 2.24) is 10.3 Å². The van der Waals surface area contributed by atoms with Crippen LogP contribution in [-0.2, 0) is 19.1 Å². The summed E-state index contributed by atoms with van der Waals surface area (Å²) in [5.41, 5.74) is -0.121. The molecule has 1 amide bonds. The van der Waals surface area contributed by atoms with E-state index in [1.807, 2.05) is 0 Å². The van der Waals surface area contributed by atoms with E-state index in [2.05, 4.69) is 19.8 Å². The fourth-order valence-electron chi connectivity index (χ4n) is 2.78. The number of aromatic hydroxyl groups is 1. The van der Waals surface area contributed by atoms with Gasteiger partial charge in [0, 0.05) is 11.3 Å². The van der Waals surface area contributed by atoms with Crippen LogP contribution in [0.5, 0.6) is 5.75 Å². The number of rotatable bonds is 8. The molecule has 32 heavy (non-hydrogen) atoms. The van der Waals surface area contributed by atoms with E-state index in [0.29, 0.717) is 11.3 Å². The predicted molar refractivity (Wildman–Crippen MR) is 113 cm³/mol. The number of methoxy groups -OCH3 is 2. The molecule has 0 bridgehead atoms. The van der Waals surface area contributed by atoms with Gasteiger partial charge in [-0.1, -0.05) is 18.2 Å². The van der Waals surface area contributed by atoms with Gasteiger partial charge in [-0.3, -0.25) is 19.2 Å². The highest BCUT2D eigenvalue weighted by Crippen LogP contribution is 2.15. The second kappa shape index (κ2) is 10.7. The third-order valence-electron chi connectivity index (χ3n) is 4.36. The molecule has 10 heteroatoms. The Morgan fingerprint density at radius 2 is 1.88 bits per heavy atom. The summed E-state index contributed by atoms with van der Waals surface area (Å²) in [6, 6.07) is 6.08. The van der Waals surface area contributed by atoms with Gasteiger partial charge < -0.3 is 24.9 Å². The number of allylic oxidation sites excluding steroid dienone is 1. The zero-order valence-corrected chi connectivity index (χ0v) is 17.6. The van der Waals surface area contributed by atoms with Crippen LogP contribution in [-0.4, -0.2) is 54.0 Å². The van der Waals surface area contributed by atoms with E-state index in [4.69, 9.17) is 0 Å². The summed E-state index contributed by atoms with van der Waals surface area (Å²) < 4.78 is 9.11. The third kappa shape index (κ3) is 6.14. The summed E-state index contributed by atoms with van der Waals surface area (Å²) in [6.45, 7) is 1.57. The van der Waals surface area contributed by atoms with Gasteiger partial charge in [0.1, 0.15) is 17.4 Å². The summed E-state index contributed by atoms with van der Waals surface area (Å²) in [5.74, 6) is -3.33. The molecule has 1 aromatic heterocycles. The number of carbonyl (C=O) groups is 4. The lowest BCUT2D eigenvalue weighted by molar-refractivity contribution is -0.149. The van der Waals surface area contributed by atoms with E-state index >= 15 is 0 Å². The van der Waals surface area contributed by atoms with Crippen molar-refractivity contribution in [3.8, 4) is 5.75 Å². The van der Waals surface area contributed by atoms with Crippen molar-refractivity contribution in [2.24, 2.45) is 0 Å². The number of hydrogen-bond acceptors (Lipinski definition) is 8. The molecule has 0 aliphatic rings. The maximum absolute atomic E-state index is 12.5. The lowest BCUT2D eigenvalue weighted by atomic mass is 10.1. The van der Waals surface area contributed by atoms with Gasteiger partial charge in [0.25, 0.3) is 11.5 Å². The molecule has 0 saturated carbocycles. The molecule has 0 aliphatic carbocycles. The molecule has 0 spiro atoms. The van der Waals surface area contributed by atoms with Crippen molar-refractivity contribution < 1.29 is 33.8 Å². The minimum Gasteiger partial charge on any atom is -0.507 e.